The topological polar surface area (TPSA) is 40.5 Å². The van der Waals surface area contributed by atoms with Gasteiger partial charge in [0.15, 0.2) is 0 Å². The molecule has 2 bridgehead atoms. The van der Waals surface area contributed by atoms with E-state index in [1.54, 1.807) is 0 Å². The second-order valence-corrected chi connectivity index (χ2v) is 6.40. The number of carbonyl (C=O) groups is 1. The van der Waals surface area contributed by atoms with Crippen LogP contribution in [0.1, 0.15) is 39.5 Å². The Balaban J connectivity index is 1.91. The molecule has 4 unspecified atom stereocenters. The highest BCUT2D eigenvalue weighted by atomic mass is 16.4. The molecule has 1 N–H and O–H groups in total. The van der Waals surface area contributed by atoms with Gasteiger partial charge in [0.2, 0.25) is 0 Å². The highest BCUT2D eigenvalue weighted by Gasteiger charge is 2.40. The van der Waals surface area contributed by atoms with Crippen molar-refractivity contribution in [1.82, 2.24) is 4.90 Å². The van der Waals surface area contributed by atoms with E-state index in [-0.39, 0.29) is 12.0 Å². The number of likely N-dealkylation sites (N-methyl/N-ethyl adjacent to an activating group) is 1. The van der Waals surface area contributed by atoms with Crippen LogP contribution in [0, 0.1) is 23.7 Å². The van der Waals surface area contributed by atoms with Gasteiger partial charge in [-0.3, -0.25) is 9.69 Å². The molecule has 98 valence electrons. The number of carboxylic acids is 1. The zero-order valence-corrected chi connectivity index (χ0v) is 11.2. The predicted molar refractivity (Wildman–Crippen MR) is 67.8 cm³/mol. The summed E-state index contributed by atoms with van der Waals surface area (Å²) in [4.78, 5) is 13.3. The molecule has 0 amide bonds. The first-order valence-electron chi connectivity index (χ1n) is 6.92. The largest absolute Gasteiger partial charge is 0.480 e. The molecule has 2 aliphatic rings. The van der Waals surface area contributed by atoms with Gasteiger partial charge < -0.3 is 5.11 Å². The molecule has 2 fully saturated rings. The zero-order valence-electron chi connectivity index (χ0n) is 11.2. The van der Waals surface area contributed by atoms with Gasteiger partial charge in [0.1, 0.15) is 6.04 Å². The van der Waals surface area contributed by atoms with E-state index in [4.69, 9.17) is 0 Å². The van der Waals surface area contributed by atoms with Crippen LogP contribution in [0.15, 0.2) is 0 Å². The summed E-state index contributed by atoms with van der Waals surface area (Å²) in [6, 6.07) is -0.325. The first kappa shape index (κ1) is 12.9. The van der Waals surface area contributed by atoms with Gasteiger partial charge in [-0.15, -0.1) is 0 Å². The second-order valence-electron chi connectivity index (χ2n) is 6.40. The quantitative estimate of drug-likeness (QED) is 0.801. The zero-order chi connectivity index (χ0) is 12.6. The van der Waals surface area contributed by atoms with Crippen molar-refractivity contribution in [3.63, 3.8) is 0 Å². The van der Waals surface area contributed by atoms with Gasteiger partial charge in [0, 0.05) is 6.54 Å². The van der Waals surface area contributed by atoms with Crippen molar-refractivity contribution in [2.45, 2.75) is 45.6 Å². The van der Waals surface area contributed by atoms with Crippen LogP contribution in [-0.4, -0.2) is 35.6 Å². The molecule has 2 aliphatic carbocycles. The Bertz CT molecular complexity index is 290. The molecule has 2 saturated carbocycles. The van der Waals surface area contributed by atoms with E-state index in [0.717, 1.165) is 24.3 Å². The minimum Gasteiger partial charge on any atom is -0.480 e. The van der Waals surface area contributed by atoms with Crippen molar-refractivity contribution in [3.8, 4) is 0 Å². The summed E-state index contributed by atoms with van der Waals surface area (Å²) in [5.41, 5.74) is 0. The van der Waals surface area contributed by atoms with Crippen LogP contribution in [0.3, 0.4) is 0 Å². The van der Waals surface area contributed by atoms with Crippen LogP contribution in [0.4, 0.5) is 0 Å². The molecule has 17 heavy (non-hydrogen) atoms. The summed E-state index contributed by atoms with van der Waals surface area (Å²) in [6.07, 6.45) is 5.53. The summed E-state index contributed by atoms with van der Waals surface area (Å²) in [6.45, 7) is 4.96. The fraction of sp³-hybridized carbons (Fsp3) is 0.929. The number of carboxylic acid groups (broad SMARTS) is 1. The van der Waals surface area contributed by atoms with Crippen LogP contribution < -0.4 is 0 Å². The van der Waals surface area contributed by atoms with Gasteiger partial charge in [-0.25, -0.2) is 0 Å². The Morgan fingerprint density at radius 3 is 2.47 bits per heavy atom. The minimum absolute atomic E-state index is 0.177. The lowest BCUT2D eigenvalue weighted by molar-refractivity contribution is -0.144. The number of aliphatic carboxylic acids is 1. The molecule has 0 saturated heterocycles. The van der Waals surface area contributed by atoms with E-state index >= 15 is 0 Å². The molecule has 0 radical (unpaired) electrons. The van der Waals surface area contributed by atoms with Gasteiger partial charge in [-0.2, -0.15) is 0 Å². The summed E-state index contributed by atoms with van der Waals surface area (Å²) < 4.78 is 0. The summed E-state index contributed by atoms with van der Waals surface area (Å²) in [5, 5.41) is 9.28. The average Bonchev–Trinajstić information content (AvgIpc) is 2.77. The lowest BCUT2D eigenvalue weighted by atomic mass is 9.88. The van der Waals surface area contributed by atoms with E-state index in [1.807, 2.05) is 20.9 Å². The van der Waals surface area contributed by atoms with Gasteiger partial charge in [-0.05, 0) is 50.0 Å². The minimum atomic E-state index is -0.675. The van der Waals surface area contributed by atoms with Gasteiger partial charge >= 0.3 is 5.97 Å². The fourth-order valence-corrected chi connectivity index (χ4v) is 4.07. The van der Waals surface area contributed by atoms with E-state index < -0.39 is 5.97 Å². The average molecular weight is 239 g/mol. The molecular formula is C14H25NO2. The summed E-state index contributed by atoms with van der Waals surface area (Å²) in [5.74, 6) is 2.07. The number of hydrogen-bond donors (Lipinski definition) is 1. The van der Waals surface area contributed by atoms with Gasteiger partial charge in [0.05, 0.1) is 0 Å². The number of hydrogen-bond acceptors (Lipinski definition) is 2. The van der Waals surface area contributed by atoms with Crippen molar-refractivity contribution in [2.75, 3.05) is 13.6 Å². The van der Waals surface area contributed by atoms with E-state index in [2.05, 4.69) is 4.90 Å². The molecule has 0 heterocycles. The Kier molecular flexibility index (Phi) is 3.76. The summed E-state index contributed by atoms with van der Waals surface area (Å²) >= 11 is 0. The van der Waals surface area contributed by atoms with Crippen LogP contribution in [0.25, 0.3) is 0 Å². The second kappa shape index (κ2) is 4.97. The monoisotopic (exact) mass is 239 g/mol. The Labute approximate surface area is 104 Å². The molecule has 0 spiro atoms. The molecule has 0 aliphatic heterocycles. The van der Waals surface area contributed by atoms with Crippen molar-refractivity contribution >= 4 is 5.97 Å². The SMILES string of the molecule is CC(C)C(C(=O)O)N(C)CC1CC2CCC1C2. The molecular weight excluding hydrogens is 214 g/mol. The van der Waals surface area contributed by atoms with Crippen molar-refractivity contribution in [3.05, 3.63) is 0 Å². The maximum Gasteiger partial charge on any atom is 0.321 e. The van der Waals surface area contributed by atoms with E-state index in [1.165, 1.54) is 25.7 Å². The third kappa shape index (κ3) is 2.65. The third-order valence-corrected chi connectivity index (χ3v) is 4.77. The van der Waals surface area contributed by atoms with Gasteiger partial charge in [0.25, 0.3) is 0 Å². The highest BCUT2D eigenvalue weighted by Crippen LogP contribution is 2.48. The van der Waals surface area contributed by atoms with E-state index in [9.17, 15) is 9.90 Å². The first-order chi connectivity index (χ1) is 7.99. The van der Waals surface area contributed by atoms with Crippen LogP contribution >= 0.6 is 0 Å². The molecule has 3 heteroatoms. The Morgan fingerprint density at radius 2 is 2.06 bits per heavy atom. The summed E-state index contributed by atoms with van der Waals surface area (Å²) in [7, 11) is 1.98. The smallest absolute Gasteiger partial charge is 0.321 e. The molecule has 0 aromatic rings. The Hall–Kier alpha value is -0.570. The maximum absolute atomic E-state index is 11.3. The number of rotatable bonds is 5. The highest BCUT2D eigenvalue weighted by molar-refractivity contribution is 5.73. The molecule has 3 nitrogen and oxygen atoms in total. The maximum atomic E-state index is 11.3. The molecule has 0 aromatic heterocycles. The first-order valence-corrected chi connectivity index (χ1v) is 6.92. The number of nitrogens with zero attached hydrogens (tertiary/aromatic N) is 1. The van der Waals surface area contributed by atoms with Crippen LogP contribution in [0.5, 0.6) is 0 Å². The van der Waals surface area contributed by atoms with Crippen molar-refractivity contribution in [2.24, 2.45) is 23.7 Å². The van der Waals surface area contributed by atoms with Crippen molar-refractivity contribution < 1.29 is 9.90 Å². The lowest BCUT2D eigenvalue weighted by Crippen LogP contribution is -2.45. The Morgan fingerprint density at radius 1 is 1.35 bits per heavy atom. The number of fused-ring (bicyclic) bond motifs is 2. The molecule has 0 aromatic carbocycles. The third-order valence-electron chi connectivity index (χ3n) is 4.77. The molecule has 4 atom stereocenters. The lowest BCUT2D eigenvalue weighted by Gasteiger charge is -2.32. The van der Waals surface area contributed by atoms with E-state index in [0.29, 0.717) is 0 Å². The molecule has 2 rings (SSSR count). The fourth-order valence-electron chi connectivity index (χ4n) is 4.07. The van der Waals surface area contributed by atoms with Crippen molar-refractivity contribution in [1.29, 1.82) is 0 Å². The van der Waals surface area contributed by atoms with Gasteiger partial charge in [-0.1, -0.05) is 20.3 Å². The predicted octanol–water partition coefficient (Wildman–Crippen LogP) is 2.46. The standard InChI is InChI=1S/C14H25NO2/c1-9(2)13(14(16)17)15(3)8-12-7-10-4-5-11(12)6-10/h9-13H,4-8H2,1-3H3,(H,16,17). The van der Waals surface area contributed by atoms with Crippen LogP contribution in [0.2, 0.25) is 0 Å². The van der Waals surface area contributed by atoms with Crippen LogP contribution in [-0.2, 0) is 4.79 Å². The normalized spacial score (nSPS) is 33.6.